The Morgan fingerprint density at radius 3 is 3.17 bits per heavy atom. The minimum absolute atomic E-state index is 0.221. The molecular weight excluding hydrogens is 178 g/mol. The quantitative estimate of drug-likeness (QED) is 0.674. The normalized spacial score (nSPS) is 12.3. The van der Waals surface area contributed by atoms with Gasteiger partial charge in [-0.25, -0.2) is 0 Å². The van der Waals surface area contributed by atoms with E-state index in [1.165, 1.54) is 0 Å². The summed E-state index contributed by atoms with van der Waals surface area (Å²) in [5.74, 6) is 0.733. The summed E-state index contributed by atoms with van der Waals surface area (Å²) in [4.78, 5) is 0. The van der Waals surface area contributed by atoms with Crippen LogP contribution in [0.15, 0.2) is 22.8 Å². The van der Waals surface area contributed by atoms with Gasteiger partial charge in [-0.3, -0.25) is 0 Å². The van der Waals surface area contributed by atoms with Crippen LogP contribution in [-0.4, -0.2) is 12.0 Å². The van der Waals surface area contributed by atoms with Crippen LogP contribution in [0.5, 0.6) is 0 Å². The van der Waals surface area contributed by atoms with Crippen LogP contribution >= 0.6 is 11.6 Å². The van der Waals surface area contributed by atoms with E-state index in [2.05, 4.69) is 0 Å². The molecule has 0 saturated carbocycles. The SMILES string of the molecule is N#CC(Cl)COCc1ccco1. The zero-order valence-corrected chi connectivity index (χ0v) is 7.12. The lowest BCUT2D eigenvalue weighted by atomic mass is 10.4. The number of rotatable bonds is 4. The zero-order valence-electron chi connectivity index (χ0n) is 6.37. The Labute approximate surface area is 75.5 Å². The molecular formula is C8H8ClNO2. The van der Waals surface area contributed by atoms with Crippen molar-refractivity contribution < 1.29 is 9.15 Å². The molecule has 0 radical (unpaired) electrons. The lowest BCUT2D eigenvalue weighted by Gasteiger charge is -2.00. The van der Waals surface area contributed by atoms with E-state index < -0.39 is 5.38 Å². The Kier molecular flexibility index (Phi) is 3.65. The van der Waals surface area contributed by atoms with E-state index in [1.54, 1.807) is 18.4 Å². The van der Waals surface area contributed by atoms with E-state index in [9.17, 15) is 0 Å². The maximum atomic E-state index is 8.31. The summed E-state index contributed by atoms with van der Waals surface area (Å²) in [5, 5.41) is 7.72. The summed E-state index contributed by atoms with van der Waals surface area (Å²) in [5.41, 5.74) is 0. The standard InChI is InChI=1S/C8H8ClNO2/c9-7(4-10)5-11-6-8-2-1-3-12-8/h1-3,7H,5-6H2. The molecule has 4 heteroatoms. The van der Waals surface area contributed by atoms with Crippen LogP contribution in [0.3, 0.4) is 0 Å². The molecule has 0 aliphatic rings. The van der Waals surface area contributed by atoms with Gasteiger partial charge in [0.2, 0.25) is 0 Å². The van der Waals surface area contributed by atoms with Crippen LogP contribution in [0.1, 0.15) is 5.76 Å². The van der Waals surface area contributed by atoms with Gasteiger partial charge in [-0.2, -0.15) is 5.26 Å². The average Bonchev–Trinajstić information content (AvgIpc) is 2.57. The van der Waals surface area contributed by atoms with Crippen LogP contribution in [-0.2, 0) is 11.3 Å². The van der Waals surface area contributed by atoms with Gasteiger partial charge < -0.3 is 9.15 Å². The maximum Gasteiger partial charge on any atom is 0.143 e. The number of hydrogen-bond donors (Lipinski definition) is 0. The van der Waals surface area contributed by atoms with Crippen molar-refractivity contribution in [2.24, 2.45) is 0 Å². The van der Waals surface area contributed by atoms with Crippen LogP contribution in [0, 0.1) is 11.3 Å². The first-order chi connectivity index (χ1) is 5.83. The molecule has 0 bridgehead atoms. The van der Waals surface area contributed by atoms with Crippen LogP contribution in [0.2, 0.25) is 0 Å². The van der Waals surface area contributed by atoms with Crippen molar-refractivity contribution in [1.29, 1.82) is 5.26 Å². The summed E-state index contributed by atoms with van der Waals surface area (Å²) in [6.07, 6.45) is 1.57. The summed E-state index contributed by atoms with van der Waals surface area (Å²) in [6.45, 7) is 0.580. The molecule has 64 valence electrons. The zero-order chi connectivity index (χ0) is 8.81. The fourth-order valence-corrected chi connectivity index (χ4v) is 0.784. The minimum atomic E-state index is -0.583. The first kappa shape index (κ1) is 9.11. The molecule has 1 rings (SSSR count). The van der Waals surface area contributed by atoms with Gasteiger partial charge >= 0.3 is 0 Å². The number of nitriles is 1. The number of nitrogens with zero attached hydrogens (tertiary/aromatic N) is 1. The first-order valence-corrected chi connectivity index (χ1v) is 3.90. The fourth-order valence-electron chi connectivity index (χ4n) is 0.695. The van der Waals surface area contributed by atoms with E-state index in [1.807, 2.05) is 6.07 Å². The average molecular weight is 186 g/mol. The highest BCUT2D eigenvalue weighted by molar-refractivity contribution is 6.22. The molecule has 1 aromatic rings. The van der Waals surface area contributed by atoms with Crippen LogP contribution < -0.4 is 0 Å². The van der Waals surface area contributed by atoms with Gasteiger partial charge in [0, 0.05) is 0 Å². The molecule has 0 saturated heterocycles. The van der Waals surface area contributed by atoms with Crippen molar-refractivity contribution in [3.63, 3.8) is 0 Å². The molecule has 0 aliphatic heterocycles. The fraction of sp³-hybridized carbons (Fsp3) is 0.375. The Morgan fingerprint density at radius 2 is 2.58 bits per heavy atom. The van der Waals surface area contributed by atoms with E-state index >= 15 is 0 Å². The molecule has 0 amide bonds. The summed E-state index contributed by atoms with van der Waals surface area (Å²) in [7, 11) is 0. The molecule has 1 unspecified atom stereocenters. The third-order valence-corrected chi connectivity index (χ3v) is 1.45. The molecule has 12 heavy (non-hydrogen) atoms. The van der Waals surface area contributed by atoms with Gasteiger partial charge in [0.1, 0.15) is 17.7 Å². The Balaban J connectivity index is 2.16. The molecule has 0 N–H and O–H groups in total. The van der Waals surface area contributed by atoms with Crippen molar-refractivity contribution in [2.45, 2.75) is 12.0 Å². The Bertz CT molecular complexity index is 253. The molecule has 0 aromatic carbocycles. The number of hydrogen-bond acceptors (Lipinski definition) is 3. The topological polar surface area (TPSA) is 46.2 Å². The summed E-state index contributed by atoms with van der Waals surface area (Å²) in [6, 6.07) is 5.43. The minimum Gasteiger partial charge on any atom is -0.467 e. The third-order valence-electron chi connectivity index (χ3n) is 1.23. The van der Waals surface area contributed by atoms with Crippen molar-refractivity contribution in [2.75, 3.05) is 6.61 Å². The maximum absolute atomic E-state index is 8.31. The van der Waals surface area contributed by atoms with E-state index in [0.29, 0.717) is 6.61 Å². The molecule has 0 spiro atoms. The van der Waals surface area contributed by atoms with E-state index in [0.717, 1.165) is 5.76 Å². The smallest absolute Gasteiger partial charge is 0.143 e. The predicted molar refractivity (Wildman–Crippen MR) is 43.6 cm³/mol. The predicted octanol–water partition coefficient (Wildman–Crippen LogP) is 1.93. The van der Waals surface area contributed by atoms with E-state index in [4.69, 9.17) is 26.0 Å². The highest BCUT2D eigenvalue weighted by Gasteiger charge is 2.02. The summed E-state index contributed by atoms with van der Waals surface area (Å²) < 4.78 is 10.1. The largest absolute Gasteiger partial charge is 0.467 e. The second-order valence-corrected chi connectivity index (χ2v) is 2.72. The molecule has 0 fully saturated rings. The van der Waals surface area contributed by atoms with Crippen molar-refractivity contribution in [3.8, 4) is 6.07 Å². The van der Waals surface area contributed by atoms with Crippen molar-refractivity contribution in [3.05, 3.63) is 24.2 Å². The number of ether oxygens (including phenoxy) is 1. The van der Waals surface area contributed by atoms with Crippen LogP contribution in [0.4, 0.5) is 0 Å². The van der Waals surface area contributed by atoms with Crippen molar-refractivity contribution >= 4 is 11.6 Å². The lowest BCUT2D eigenvalue weighted by molar-refractivity contribution is 0.112. The molecule has 3 nitrogen and oxygen atoms in total. The summed E-state index contributed by atoms with van der Waals surface area (Å²) >= 11 is 5.49. The monoisotopic (exact) mass is 185 g/mol. The lowest BCUT2D eigenvalue weighted by Crippen LogP contribution is -2.05. The van der Waals surface area contributed by atoms with Gasteiger partial charge in [0.15, 0.2) is 0 Å². The van der Waals surface area contributed by atoms with Gasteiger partial charge in [-0.1, -0.05) is 0 Å². The number of halogens is 1. The number of furan rings is 1. The highest BCUT2D eigenvalue weighted by atomic mass is 35.5. The van der Waals surface area contributed by atoms with Gasteiger partial charge in [0.05, 0.1) is 18.9 Å². The molecule has 0 aliphatic carbocycles. The second-order valence-electron chi connectivity index (χ2n) is 2.19. The van der Waals surface area contributed by atoms with Crippen LogP contribution in [0.25, 0.3) is 0 Å². The van der Waals surface area contributed by atoms with Crippen molar-refractivity contribution in [1.82, 2.24) is 0 Å². The molecule has 1 heterocycles. The first-order valence-electron chi connectivity index (χ1n) is 3.46. The van der Waals surface area contributed by atoms with Gasteiger partial charge in [-0.05, 0) is 12.1 Å². The Hall–Kier alpha value is -0.980. The molecule has 1 aromatic heterocycles. The van der Waals surface area contributed by atoms with Gasteiger partial charge in [-0.15, -0.1) is 11.6 Å². The molecule has 1 atom stereocenters. The highest BCUT2D eigenvalue weighted by Crippen LogP contribution is 2.03. The van der Waals surface area contributed by atoms with Gasteiger partial charge in [0.25, 0.3) is 0 Å². The third kappa shape index (κ3) is 2.95. The second kappa shape index (κ2) is 4.81. The van der Waals surface area contributed by atoms with E-state index in [-0.39, 0.29) is 6.61 Å². The number of alkyl halides is 1. The Morgan fingerprint density at radius 1 is 1.75 bits per heavy atom.